The molecule has 0 rings (SSSR count). The van der Waals surface area contributed by atoms with Gasteiger partial charge in [0.25, 0.3) is 0 Å². The zero-order valence-electron chi connectivity index (χ0n) is 20.1. The number of rotatable bonds is 15. The second kappa shape index (κ2) is 15.8. The molecule has 0 saturated carbocycles. The number of carbonyl (C=O) groups is 2. The monoisotopic (exact) mass is 469 g/mol. The fourth-order valence-corrected chi connectivity index (χ4v) is 3.74. The van der Waals surface area contributed by atoms with Crippen molar-refractivity contribution in [3.05, 3.63) is 46.6 Å². The maximum absolute atomic E-state index is 11.9. The lowest BCUT2D eigenvalue weighted by Gasteiger charge is -2.12. The Morgan fingerprint density at radius 2 is 1.25 bits per heavy atom. The van der Waals surface area contributed by atoms with E-state index in [1.807, 2.05) is 6.92 Å². The van der Waals surface area contributed by atoms with E-state index in [0.29, 0.717) is 0 Å². The van der Waals surface area contributed by atoms with Crippen LogP contribution in [0.4, 0.5) is 0 Å². The fraction of sp³-hybridized carbons (Fsp3) is 0.583. The summed E-state index contributed by atoms with van der Waals surface area (Å²) in [4.78, 5) is 40.8. The van der Waals surface area contributed by atoms with Crippen LogP contribution in [-0.2, 0) is 14.2 Å². The molecule has 4 N–H and O–H groups in total. The highest BCUT2D eigenvalue weighted by molar-refractivity contribution is 7.51. The lowest BCUT2D eigenvalue weighted by Crippen LogP contribution is -2.37. The van der Waals surface area contributed by atoms with Gasteiger partial charge in [0.05, 0.1) is 6.16 Å². The first-order chi connectivity index (χ1) is 14.8. The van der Waals surface area contributed by atoms with Gasteiger partial charge in [-0.2, -0.15) is 0 Å². The van der Waals surface area contributed by atoms with Gasteiger partial charge in [-0.15, -0.1) is 0 Å². The second-order valence-electron chi connectivity index (χ2n) is 8.53. The SMILES string of the molecule is CC(C)=CCCC(C)=CCCC(C)=CCCC(C)=CCNC(=O)C(CP(=O)(O)O)C(=O)O. The van der Waals surface area contributed by atoms with Gasteiger partial charge >= 0.3 is 13.6 Å². The molecule has 0 fully saturated rings. The van der Waals surface area contributed by atoms with E-state index in [1.165, 1.54) is 16.7 Å². The fourth-order valence-electron chi connectivity index (χ4n) is 2.95. The van der Waals surface area contributed by atoms with Crippen molar-refractivity contribution in [2.45, 2.75) is 73.1 Å². The lowest BCUT2D eigenvalue weighted by molar-refractivity contribution is -0.146. The van der Waals surface area contributed by atoms with E-state index in [2.05, 4.69) is 51.2 Å². The summed E-state index contributed by atoms with van der Waals surface area (Å²) in [5.74, 6) is -4.21. The smallest absolute Gasteiger partial charge is 0.326 e. The number of amides is 1. The van der Waals surface area contributed by atoms with Crippen molar-refractivity contribution in [1.82, 2.24) is 5.32 Å². The van der Waals surface area contributed by atoms with Gasteiger partial charge in [-0.05, 0) is 73.1 Å². The second-order valence-corrected chi connectivity index (χ2v) is 10.2. The highest BCUT2D eigenvalue weighted by Crippen LogP contribution is 2.36. The molecule has 0 radical (unpaired) electrons. The molecule has 1 atom stereocenters. The first kappa shape index (κ1) is 30.0. The van der Waals surface area contributed by atoms with E-state index in [9.17, 15) is 14.2 Å². The van der Waals surface area contributed by atoms with Gasteiger partial charge in [0.1, 0.15) is 5.92 Å². The van der Waals surface area contributed by atoms with E-state index in [4.69, 9.17) is 14.9 Å². The molecular formula is C24H40NO6P. The van der Waals surface area contributed by atoms with Crippen LogP contribution in [-0.4, -0.2) is 39.5 Å². The molecule has 1 unspecified atom stereocenters. The van der Waals surface area contributed by atoms with Crippen molar-refractivity contribution in [3.63, 3.8) is 0 Å². The van der Waals surface area contributed by atoms with Crippen molar-refractivity contribution in [2.24, 2.45) is 5.92 Å². The van der Waals surface area contributed by atoms with Crippen LogP contribution in [0.15, 0.2) is 46.6 Å². The quantitative estimate of drug-likeness (QED) is 0.150. The standard InChI is InChI=1S/C24H40NO6P/c1-18(2)9-6-10-19(3)11-7-12-20(4)13-8-14-21(5)15-16-25-23(26)22(24(27)28)17-32(29,30)31/h9,11,13,15,22H,6-8,10,12,14,16-17H2,1-5H3,(H,25,26)(H,27,28)(H2,29,30,31). The average molecular weight is 470 g/mol. The third-order valence-electron chi connectivity index (χ3n) is 4.92. The summed E-state index contributed by atoms with van der Waals surface area (Å²) in [6.45, 7) is 10.6. The lowest BCUT2D eigenvalue weighted by atomic mass is 10.0. The van der Waals surface area contributed by atoms with E-state index < -0.39 is 31.6 Å². The highest BCUT2D eigenvalue weighted by atomic mass is 31.2. The van der Waals surface area contributed by atoms with Crippen LogP contribution in [0.25, 0.3) is 0 Å². The van der Waals surface area contributed by atoms with E-state index in [-0.39, 0.29) is 6.54 Å². The van der Waals surface area contributed by atoms with E-state index in [1.54, 1.807) is 6.08 Å². The molecule has 0 aliphatic carbocycles. The third-order valence-corrected chi connectivity index (χ3v) is 5.76. The number of carboxylic acids is 1. The molecule has 0 aromatic carbocycles. The Labute approximate surface area is 192 Å². The zero-order chi connectivity index (χ0) is 24.7. The highest BCUT2D eigenvalue weighted by Gasteiger charge is 2.33. The Morgan fingerprint density at radius 3 is 1.66 bits per heavy atom. The third kappa shape index (κ3) is 16.7. The zero-order valence-corrected chi connectivity index (χ0v) is 21.0. The number of allylic oxidation sites excluding steroid dienone is 7. The molecule has 0 saturated heterocycles. The van der Waals surface area contributed by atoms with Crippen molar-refractivity contribution in [2.75, 3.05) is 12.7 Å². The minimum atomic E-state index is -4.60. The van der Waals surface area contributed by atoms with Crippen molar-refractivity contribution in [1.29, 1.82) is 0 Å². The minimum absolute atomic E-state index is 0.120. The van der Waals surface area contributed by atoms with Crippen LogP contribution in [0.2, 0.25) is 0 Å². The summed E-state index contributed by atoms with van der Waals surface area (Å²) in [5.41, 5.74) is 5.15. The first-order valence-corrected chi connectivity index (χ1v) is 12.8. The molecule has 32 heavy (non-hydrogen) atoms. The number of hydrogen-bond acceptors (Lipinski definition) is 3. The molecule has 0 aromatic rings. The maximum Gasteiger partial charge on any atom is 0.326 e. The summed E-state index contributed by atoms with van der Waals surface area (Å²) in [5, 5.41) is 11.4. The topological polar surface area (TPSA) is 124 Å². The van der Waals surface area contributed by atoms with Gasteiger partial charge in [-0.25, -0.2) is 0 Å². The van der Waals surface area contributed by atoms with Gasteiger partial charge in [-0.1, -0.05) is 46.6 Å². The normalized spacial score (nSPS) is 14.2. The number of hydrogen-bond donors (Lipinski definition) is 4. The van der Waals surface area contributed by atoms with Crippen LogP contribution in [0.3, 0.4) is 0 Å². The molecule has 1 amide bonds. The van der Waals surface area contributed by atoms with Crippen molar-refractivity contribution < 1.29 is 29.0 Å². The summed E-state index contributed by atoms with van der Waals surface area (Å²) in [6.07, 6.45) is 13.5. The minimum Gasteiger partial charge on any atom is -0.481 e. The van der Waals surface area contributed by atoms with Crippen LogP contribution in [0.1, 0.15) is 73.1 Å². The Hall–Kier alpha value is -1.95. The predicted octanol–water partition coefficient (Wildman–Crippen LogP) is 5.13. The maximum atomic E-state index is 11.9. The predicted molar refractivity (Wildman–Crippen MR) is 129 cm³/mol. The summed E-state index contributed by atoms with van der Waals surface area (Å²) in [7, 11) is -4.60. The van der Waals surface area contributed by atoms with Crippen LogP contribution in [0, 0.1) is 5.92 Å². The van der Waals surface area contributed by atoms with Crippen LogP contribution in [0.5, 0.6) is 0 Å². The van der Waals surface area contributed by atoms with Gasteiger partial charge in [0.15, 0.2) is 0 Å². The molecule has 8 heteroatoms. The van der Waals surface area contributed by atoms with Crippen LogP contribution < -0.4 is 5.32 Å². The Kier molecular flexibility index (Phi) is 14.8. The van der Waals surface area contributed by atoms with Crippen molar-refractivity contribution in [3.8, 4) is 0 Å². The van der Waals surface area contributed by atoms with Crippen LogP contribution >= 0.6 is 7.60 Å². The Bertz CT molecular complexity index is 784. The molecule has 0 spiro atoms. The Morgan fingerprint density at radius 1 is 0.812 bits per heavy atom. The summed E-state index contributed by atoms with van der Waals surface area (Å²) in [6, 6.07) is 0. The molecule has 0 aliphatic rings. The summed E-state index contributed by atoms with van der Waals surface area (Å²) >= 11 is 0. The van der Waals surface area contributed by atoms with Gasteiger partial charge < -0.3 is 20.2 Å². The molecular weight excluding hydrogens is 429 g/mol. The van der Waals surface area contributed by atoms with Crippen molar-refractivity contribution >= 4 is 19.5 Å². The number of carbonyl (C=O) groups excluding carboxylic acids is 1. The molecule has 182 valence electrons. The summed E-state index contributed by atoms with van der Waals surface area (Å²) < 4.78 is 11.0. The molecule has 0 aliphatic heterocycles. The van der Waals surface area contributed by atoms with E-state index >= 15 is 0 Å². The molecule has 0 bridgehead atoms. The number of nitrogens with one attached hydrogen (secondary N) is 1. The van der Waals surface area contributed by atoms with Gasteiger partial charge in [0.2, 0.25) is 5.91 Å². The van der Waals surface area contributed by atoms with Gasteiger partial charge in [-0.3, -0.25) is 14.2 Å². The number of aliphatic carboxylic acids is 1. The van der Waals surface area contributed by atoms with Gasteiger partial charge in [0, 0.05) is 6.54 Å². The molecule has 0 heterocycles. The average Bonchev–Trinajstić information content (AvgIpc) is 2.64. The first-order valence-electron chi connectivity index (χ1n) is 11.0. The molecule has 7 nitrogen and oxygen atoms in total. The number of carboxylic acid groups (broad SMARTS) is 1. The Balaban J connectivity index is 4.35. The molecule has 0 aromatic heterocycles. The van der Waals surface area contributed by atoms with E-state index in [0.717, 1.165) is 44.1 Å². The largest absolute Gasteiger partial charge is 0.481 e.